The Morgan fingerprint density at radius 2 is 2.12 bits per heavy atom. The van der Waals surface area contributed by atoms with E-state index in [2.05, 4.69) is 24.6 Å². The van der Waals surface area contributed by atoms with Gasteiger partial charge in [-0.25, -0.2) is 8.42 Å². The number of rotatable bonds is 8. The van der Waals surface area contributed by atoms with Crippen LogP contribution < -0.4 is 4.90 Å². The molecule has 0 unspecified atom stereocenters. The molecule has 0 spiro atoms. The van der Waals surface area contributed by atoms with E-state index >= 15 is 0 Å². The lowest BCUT2D eigenvalue weighted by atomic mass is 10.2. The van der Waals surface area contributed by atoms with Crippen LogP contribution in [0.2, 0.25) is 0 Å². The van der Waals surface area contributed by atoms with E-state index in [4.69, 9.17) is 0 Å². The second kappa shape index (κ2) is 7.94. The Balaban J connectivity index is 2.19. The zero-order chi connectivity index (χ0) is 19.3. The molecule has 0 saturated carbocycles. The predicted molar refractivity (Wildman–Crippen MR) is 87.2 cm³/mol. The number of benzene rings is 1. The number of azo groups is 1. The lowest BCUT2D eigenvalue weighted by Crippen LogP contribution is -2.24. The van der Waals surface area contributed by atoms with Crippen LogP contribution in [0, 0.1) is 10.1 Å². The van der Waals surface area contributed by atoms with Gasteiger partial charge in [-0.2, -0.15) is 0 Å². The summed E-state index contributed by atoms with van der Waals surface area (Å²) in [6.45, 7) is -0.491. The lowest BCUT2D eigenvalue weighted by Gasteiger charge is -2.19. The minimum Gasteiger partial charge on any atom is -0.726 e. The molecule has 0 aliphatic rings. The molecule has 0 amide bonds. The summed E-state index contributed by atoms with van der Waals surface area (Å²) in [5, 5.41) is 26.4. The van der Waals surface area contributed by atoms with Gasteiger partial charge in [0.05, 0.1) is 17.2 Å². The molecule has 13 nitrogen and oxygen atoms in total. The first-order chi connectivity index (χ1) is 12.2. The van der Waals surface area contributed by atoms with Crippen molar-refractivity contribution in [2.24, 2.45) is 17.3 Å². The molecule has 1 heterocycles. The van der Waals surface area contributed by atoms with Crippen molar-refractivity contribution in [3.63, 3.8) is 0 Å². The topological polar surface area (TPSA) is 168 Å². The second-order valence-corrected chi connectivity index (χ2v) is 6.08. The van der Waals surface area contributed by atoms with Gasteiger partial charge in [0.2, 0.25) is 10.4 Å². The standard InChI is InChI=1S/C12H15N7O6S/c1-17(5-6-25-26(22,23)24)10-4-3-9(7-11(10)19(20)21)14-16-12-15-13-8-18(12)2/h3-4,7-8H,5-6H2,1-2H3,(H,22,23,24)/p-1. The molecular weight excluding hydrogens is 370 g/mol. The monoisotopic (exact) mass is 384 g/mol. The highest BCUT2D eigenvalue weighted by Crippen LogP contribution is 2.32. The number of nitrogens with zero attached hydrogens (tertiary/aromatic N) is 7. The molecule has 0 fully saturated rings. The summed E-state index contributed by atoms with van der Waals surface area (Å²) >= 11 is 0. The van der Waals surface area contributed by atoms with Gasteiger partial charge in [0.15, 0.2) is 0 Å². The van der Waals surface area contributed by atoms with Crippen LogP contribution in [-0.2, 0) is 21.6 Å². The maximum absolute atomic E-state index is 11.3. The third kappa shape index (κ3) is 5.27. The highest BCUT2D eigenvalue weighted by Gasteiger charge is 2.18. The minimum atomic E-state index is -4.82. The summed E-state index contributed by atoms with van der Waals surface area (Å²) in [6, 6.07) is 4.12. The van der Waals surface area contributed by atoms with E-state index in [1.165, 1.54) is 41.0 Å². The van der Waals surface area contributed by atoms with Gasteiger partial charge in [-0.1, -0.05) is 0 Å². The van der Waals surface area contributed by atoms with Crippen molar-refractivity contribution in [1.82, 2.24) is 14.8 Å². The molecule has 2 aromatic rings. The van der Waals surface area contributed by atoms with Crippen LogP contribution in [0.5, 0.6) is 0 Å². The van der Waals surface area contributed by atoms with E-state index < -0.39 is 21.9 Å². The highest BCUT2D eigenvalue weighted by molar-refractivity contribution is 7.80. The number of hydrogen-bond acceptors (Lipinski definition) is 11. The van der Waals surface area contributed by atoms with Crippen LogP contribution in [0.25, 0.3) is 0 Å². The summed E-state index contributed by atoms with van der Waals surface area (Å²) < 4.78 is 36.9. The maximum atomic E-state index is 11.3. The first-order valence-corrected chi connectivity index (χ1v) is 8.36. The first-order valence-electron chi connectivity index (χ1n) is 7.03. The average molecular weight is 384 g/mol. The third-order valence-corrected chi connectivity index (χ3v) is 3.62. The van der Waals surface area contributed by atoms with E-state index in [0.29, 0.717) is 0 Å². The Hall–Kier alpha value is -2.97. The lowest BCUT2D eigenvalue weighted by molar-refractivity contribution is -0.384. The van der Waals surface area contributed by atoms with Crippen molar-refractivity contribution >= 4 is 33.4 Å². The van der Waals surface area contributed by atoms with Crippen molar-refractivity contribution < 1.29 is 22.1 Å². The Morgan fingerprint density at radius 1 is 1.38 bits per heavy atom. The smallest absolute Gasteiger partial charge is 0.294 e. The van der Waals surface area contributed by atoms with Crippen LogP contribution in [0.4, 0.5) is 23.0 Å². The van der Waals surface area contributed by atoms with Crippen molar-refractivity contribution in [3.05, 3.63) is 34.6 Å². The van der Waals surface area contributed by atoms with E-state index in [0.717, 1.165) is 0 Å². The van der Waals surface area contributed by atoms with E-state index in [1.54, 1.807) is 7.05 Å². The van der Waals surface area contributed by atoms with Gasteiger partial charge in [0.25, 0.3) is 11.6 Å². The molecule has 14 heteroatoms. The maximum Gasteiger partial charge on any atom is 0.294 e. The van der Waals surface area contributed by atoms with Crippen molar-refractivity contribution in [1.29, 1.82) is 0 Å². The molecule has 140 valence electrons. The van der Waals surface area contributed by atoms with Crippen molar-refractivity contribution in [2.75, 3.05) is 25.1 Å². The summed E-state index contributed by atoms with van der Waals surface area (Å²) in [4.78, 5) is 12.1. The summed E-state index contributed by atoms with van der Waals surface area (Å²) in [6.07, 6.45) is 1.43. The van der Waals surface area contributed by atoms with E-state index in [-0.39, 0.29) is 29.6 Å². The number of anilines is 1. The fraction of sp³-hybridized carbons (Fsp3) is 0.333. The van der Waals surface area contributed by atoms with Crippen LogP contribution in [0.15, 0.2) is 34.8 Å². The Labute approximate surface area is 148 Å². The van der Waals surface area contributed by atoms with E-state index in [9.17, 15) is 23.1 Å². The fourth-order valence-electron chi connectivity index (χ4n) is 1.91. The zero-order valence-electron chi connectivity index (χ0n) is 13.7. The van der Waals surface area contributed by atoms with Gasteiger partial charge in [-0.05, 0) is 12.1 Å². The van der Waals surface area contributed by atoms with Crippen molar-refractivity contribution in [2.45, 2.75) is 0 Å². The molecular formula is C12H14N7O6S-. The van der Waals surface area contributed by atoms with Gasteiger partial charge in [-0.15, -0.1) is 20.4 Å². The van der Waals surface area contributed by atoms with Crippen LogP contribution in [0.3, 0.4) is 0 Å². The molecule has 26 heavy (non-hydrogen) atoms. The molecule has 1 aromatic carbocycles. The predicted octanol–water partition coefficient (Wildman–Crippen LogP) is 1.05. The molecule has 0 bridgehead atoms. The summed E-state index contributed by atoms with van der Waals surface area (Å²) in [7, 11) is -1.66. The van der Waals surface area contributed by atoms with Gasteiger partial charge < -0.3 is 14.0 Å². The number of hydrogen-bond donors (Lipinski definition) is 0. The number of aromatic nitrogens is 3. The second-order valence-electron chi connectivity index (χ2n) is 5.02. The largest absolute Gasteiger partial charge is 0.726 e. The van der Waals surface area contributed by atoms with Crippen LogP contribution >= 0.6 is 0 Å². The Morgan fingerprint density at radius 3 is 2.69 bits per heavy atom. The van der Waals surface area contributed by atoms with Gasteiger partial charge >= 0.3 is 0 Å². The first kappa shape index (κ1) is 19.4. The average Bonchev–Trinajstić information content (AvgIpc) is 2.96. The third-order valence-electron chi connectivity index (χ3n) is 3.16. The summed E-state index contributed by atoms with van der Waals surface area (Å²) in [5.41, 5.74) is 0.140. The molecule has 0 saturated heterocycles. The molecule has 1 aromatic heterocycles. The molecule has 0 atom stereocenters. The van der Waals surface area contributed by atoms with Gasteiger partial charge in [-0.3, -0.25) is 14.3 Å². The number of nitro benzene ring substituents is 1. The van der Waals surface area contributed by atoms with E-state index in [1.807, 2.05) is 0 Å². The summed E-state index contributed by atoms with van der Waals surface area (Å²) in [5.74, 6) is 0.227. The molecule has 0 aliphatic carbocycles. The van der Waals surface area contributed by atoms with Crippen molar-refractivity contribution in [3.8, 4) is 0 Å². The molecule has 2 rings (SSSR count). The number of likely N-dealkylation sites (N-methyl/N-ethyl adjacent to an activating group) is 1. The molecule has 0 N–H and O–H groups in total. The van der Waals surface area contributed by atoms with Crippen LogP contribution in [-0.4, -0.2) is 52.9 Å². The zero-order valence-corrected chi connectivity index (χ0v) is 14.5. The molecule has 0 aliphatic heterocycles. The number of nitro groups is 1. The quantitative estimate of drug-likeness (QED) is 0.212. The highest BCUT2D eigenvalue weighted by atomic mass is 32.3. The minimum absolute atomic E-state index is 0.0535. The van der Waals surface area contributed by atoms with Gasteiger partial charge in [0.1, 0.15) is 12.0 Å². The Bertz CT molecular complexity index is 926. The normalized spacial score (nSPS) is 11.8. The van der Waals surface area contributed by atoms with Gasteiger partial charge in [0, 0.05) is 26.7 Å². The Kier molecular flexibility index (Phi) is 5.91. The molecule has 0 radical (unpaired) electrons. The van der Waals surface area contributed by atoms with Crippen LogP contribution in [0.1, 0.15) is 0 Å². The fourth-order valence-corrected chi connectivity index (χ4v) is 2.19. The number of aryl methyl sites for hydroxylation is 1. The SMILES string of the molecule is CN(CCOS(=O)(=O)[O-])c1ccc(N=Nc2nncn2C)cc1[N+](=O)[O-].